The van der Waals surface area contributed by atoms with E-state index in [0.29, 0.717) is 0 Å². The Morgan fingerprint density at radius 1 is 1.62 bits per heavy atom. The molecular weight excluding hydrogens is 336 g/mol. The standard InChI is InChI=1S/C14H22N4O5S/c1-14(2,24)11(15)12(21)16-6-8-7(19)5-10(23-8)18-4-3-9(20)17-13(18)22/h3-4,7-8,10-11,19,24H,5-6,15H2,1-2H3,(H,16,21)(H,17,20,22)/t7-,8+,10+,11-/m0/s1. The van der Waals surface area contributed by atoms with E-state index < -0.39 is 46.4 Å². The van der Waals surface area contributed by atoms with Crippen LogP contribution in [0.25, 0.3) is 0 Å². The Labute approximate surface area is 143 Å². The Morgan fingerprint density at radius 3 is 2.88 bits per heavy atom. The molecule has 2 heterocycles. The van der Waals surface area contributed by atoms with E-state index in [1.54, 1.807) is 13.8 Å². The van der Waals surface area contributed by atoms with Gasteiger partial charge in [0.05, 0.1) is 12.1 Å². The molecule has 0 radical (unpaired) electrons. The first-order chi connectivity index (χ1) is 11.1. The SMILES string of the molecule is CC(C)(S)[C@@H](N)C(=O)NC[C@H]1O[C@@H](n2ccc(=O)[nH]c2=O)C[C@@H]1O. The van der Waals surface area contributed by atoms with Gasteiger partial charge in [-0.05, 0) is 13.8 Å². The Hall–Kier alpha value is -1.62. The molecule has 24 heavy (non-hydrogen) atoms. The molecule has 5 N–H and O–H groups in total. The van der Waals surface area contributed by atoms with E-state index in [4.69, 9.17) is 10.5 Å². The lowest BCUT2D eigenvalue weighted by Crippen LogP contribution is -2.52. The molecule has 0 aliphatic carbocycles. The second-order valence-corrected chi connectivity index (χ2v) is 7.48. The number of ether oxygens (including phenoxy) is 1. The molecule has 1 aromatic rings. The number of hydrogen-bond acceptors (Lipinski definition) is 7. The van der Waals surface area contributed by atoms with Crippen LogP contribution in [0.15, 0.2) is 21.9 Å². The summed E-state index contributed by atoms with van der Waals surface area (Å²) in [5.41, 5.74) is 4.66. The maximum atomic E-state index is 12.0. The minimum Gasteiger partial charge on any atom is -0.390 e. The quantitative estimate of drug-likeness (QED) is 0.399. The van der Waals surface area contributed by atoms with Crippen LogP contribution < -0.4 is 22.3 Å². The van der Waals surface area contributed by atoms with Gasteiger partial charge in [-0.3, -0.25) is 19.1 Å². The van der Waals surface area contributed by atoms with Gasteiger partial charge in [0, 0.05) is 30.0 Å². The Balaban J connectivity index is 1.98. The second-order valence-electron chi connectivity index (χ2n) is 6.33. The molecule has 134 valence electrons. The number of hydrogen-bond donors (Lipinski definition) is 5. The monoisotopic (exact) mass is 358 g/mol. The van der Waals surface area contributed by atoms with Crippen molar-refractivity contribution in [2.45, 2.75) is 49.5 Å². The average Bonchev–Trinajstić information content (AvgIpc) is 2.83. The van der Waals surface area contributed by atoms with Crippen molar-refractivity contribution in [1.82, 2.24) is 14.9 Å². The van der Waals surface area contributed by atoms with Crippen LogP contribution in [-0.2, 0) is 9.53 Å². The van der Waals surface area contributed by atoms with Crippen LogP contribution in [0.5, 0.6) is 0 Å². The summed E-state index contributed by atoms with van der Waals surface area (Å²) in [5.74, 6) is -0.407. The third kappa shape index (κ3) is 4.26. The summed E-state index contributed by atoms with van der Waals surface area (Å²) < 4.78 is 6.11. The Bertz CT molecular complexity index is 710. The number of aliphatic hydroxyl groups is 1. The molecule has 0 aromatic carbocycles. The third-order valence-electron chi connectivity index (χ3n) is 3.89. The minimum absolute atomic E-state index is 0.0478. The van der Waals surface area contributed by atoms with Crippen LogP contribution in [0, 0.1) is 0 Å². The van der Waals surface area contributed by atoms with Crippen LogP contribution in [0.3, 0.4) is 0 Å². The zero-order chi connectivity index (χ0) is 18.1. The number of nitrogens with zero attached hydrogens (tertiary/aromatic N) is 1. The molecule has 1 fully saturated rings. The number of aromatic nitrogens is 2. The zero-order valence-electron chi connectivity index (χ0n) is 13.4. The second kappa shape index (κ2) is 7.09. The predicted molar refractivity (Wildman–Crippen MR) is 89.9 cm³/mol. The van der Waals surface area contributed by atoms with Gasteiger partial charge in [-0.2, -0.15) is 12.6 Å². The normalized spacial score (nSPS) is 25.5. The molecule has 10 heteroatoms. The van der Waals surface area contributed by atoms with Gasteiger partial charge in [0.25, 0.3) is 5.56 Å². The fraction of sp³-hybridized carbons (Fsp3) is 0.643. The third-order valence-corrected chi connectivity index (χ3v) is 4.16. The van der Waals surface area contributed by atoms with Crippen molar-refractivity contribution in [2.75, 3.05) is 6.54 Å². The number of aliphatic hydroxyl groups excluding tert-OH is 1. The summed E-state index contributed by atoms with van der Waals surface area (Å²) in [4.78, 5) is 36.9. The summed E-state index contributed by atoms with van der Waals surface area (Å²) >= 11 is 4.26. The topological polar surface area (TPSA) is 139 Å². The number of amides is 1. The van der Waals surface area contributed by atoms with Gasteiger partial charge in [-0.25, -0.2) is 4.79 Å². The van der Waals surface area contributed by atoms with E-state index in [1.165, 1.54) is 16.8 Å². The molecule has 4 atom stereocenters. The molecule has 1 aliphatic heterocycles. The maximum Gasteiger partial charge on any atom is 0.330 e. The van der Waals surface area contributed by atoms with Crippen LogP contribution in [0.1, 0.15) is 26.5 Å². The Kier molecular flexibility index (Phi) is 5.53. The van der Waals surface area contributed by atoms with Crippen LogP contribution >= 0.6 is 12.6 Å². The predicted octanol–water partition coefficient (Wildman–Crippen LogP) is -1.66. The molecule has 1 aromatic heterocycles. The molecule has 2 rings (SSSR count). The van der Waals surface area contributed by atoms with Gasteiger partial charge in [-0.15, -0.1) is 0 Å². The number of carbonyl (C=O) groups is 1. The van der Waals surface area contributed by atoms with Gasteiger partial charge >= 0.3 is 5.69 Å². The van der Waals surface area contributed by atoms with Gasteiger partial charge in [-0.1, -0.05) is 0 Å². The van der Waals surface area contributed by atoms with Crippen LogP contribution in [0.4, 0.5) is 0 Å². The maximum absolute atomic E-state index is 12.0. The van der Waals surface area contributed by atoms with E-state index in [-0.39, 0.29) is 13.0 Å². The first kappa shape index (κ1) is 18.7. The Morgan fingerprint density at radius 2 is 2.29 bits per heavy atom. The molecule has 1 saturated heterocycles. The number of H-pyrrole nitrogens is 1. The molecule has 1 aliphatic rings. The number of nitrogens with one attached hydrogen (secondary N) is 2. The highest BCUT2D eigenvalue weighted by Crippen LogP contribution is 2.27. The fourth-order valence-corrected chi connectivity index (χ4v) is 2.47. The summed E-state index contributed by atoms with van der Waals surface area (Å²) in [5, 5.41) is 12.7. The van der Waals surface area contributed by atoms with Crippen molar-refractivity contribution < 1.29 is 14.6 Å². The van der Waals surface area contributed by atoms with E-state index in [1.807, 2.05) is 0 Å². The summed E-state index contributed by atoms with van der Waals surface area (Å²) in [6, 6.07) is 0.372. The smallest absolute Gasteiger partial charge is 0.330 e. The average molecular weight is 358 g/mol. The van der Waals surface area contributed by atoms with Gasteiger partial charge < -0.3 is 20.9 Å². The van der Waals surface area contributed by atoms with E-state index in [2.05, 4.69) is 22.9 Å². The lowest BCUT2D eigenvalue weighted by atomic mass is 10.0. The first-order valence-electron chi connectivity index (χ1n) is 7.50. The van der Waals surface area contributed by atoms with Crippen LogP contribution in [-0.4, -0.2) is 50.1 Å². The van der Waals surface area contributed by atoms with Crippen molar-refractivity contribution >= 4 is 18.5 Å². The summed E-state index contributed by atoms with van der Waals surface area (Å²) in [6.45, 7) is 3.49. The van der Waals surface area contributed by atoms with Gasteiger partial charge in [0.15, 0.2) is 0 Å². The molecule has 9 nitrogen and oxygen atoms in total. The highest BCUT2D eigenvalue weighted by molar-refractivity contribution is 7.81. The number of carbonyl (C=O) groups excluding carboxylic acids is 1. The van der Waals surface area contributed by atoms with Gasteiger partial charge in [0.2, 0.25) is 5.91 Å². The summed E-state index contributed by atoms with van der Waals surface area (Å²) in [6.07, 6.45) is -0.807. The largest absolute Gasteiger partial charge is 0.390 e. The van der Waals surface area contributed by atoms with Crippen LogP contribution in [0.2, 0.25) is 0 Å². The lowest BCUT2D eigenvalue weighted by Gasteiger charge is -2.25. The number of thiol groups is 1. The van der Waals surface area contributed by atoms with Crippen molar-refractivity contribution in [1.29, 1.82) is 0 Å². The van der Waals surface area contributed by atoms with Crippen molar-refractivity contribution in [3.63, 3.8) is 0 Å². The number of aromatic amines is 1. The molecular formula is C14H22N4O5S. The highest BCUT2D eigenvalue weighted by atomic mass is 32.1. The highest BCUT2D eigenvalue weighted by Gasteiger charge is 2.36. The van der Waals surface area contributed by atoms with Crippen molar-refractivity contribution in [3.05, 3.63) is 33.1 Å². The lowest BCUT2D eigenvalue weighted by molar-refractivity contribution is -0.124. The first-order valence-corrected chi connectivity index (χ1v) is 7.95. The molecule has 0 bridgehead atoms. The number of rotatable bonds is 5. The van der Waals surface area contributed by atoms with Crippen molar-refractivity contribution in [2.24, 2.45) is 5.73 Å². The fourth-order valence-electron chi connectivity index (χ4n) is 2.36. The molecule has 0 spiro atoms. The number of nitrogens with two attached hydrogens (primary N) is 1. The minimum atomic E-state index is -0.866. The van der Waals surface area contributed by atoms with Gasteiger partial charge in [0.1, 0.15) is 12.3 Å². The zero-order valence-corrected chi connectivity index (χ0v) is 14.3. The van der Waals surface area contributed by atoms with E-state index in [0.717, 1.165) is 0 Å². The van der Waals surface area contributed by atoms with Crippen molar-refractivity contribution in [3.8, 4) is 0 Å². The molecule has 0 saturated carbocycles. The van der Waals surface area contributed by atoms with E-state index >= 15 is 0 Å². The summed E-state index contributed by atoms with van der Waals surface area (Å²) in [7, 11) is 0. The molecule has 1 amide bonds. The molecule has 0 unspecified atom stereocenters. The van der Waals surface area contributed by atoms with E-state index in [9.17, 15) is 19.5 Å².